The number of hydrogen-bond acceptors (Lipinski definition) is 7. The molecule has 2 heterocycles. The number of carbonyl (C=O) groups excluding carboxylic acids is 3. The zero-order valence-electron chi connectivity index (χ0n) is 19.9. The van der Waals surface area contributed by atoms with E-state index >= 15 is 0 Å². The van der Waals surface area contributed by atoms with Gasteiger partial charge in [-0.25, -0.2) is 0 Å². The number of ketones is 2. The Hall–Kier alpha value is -1.83. The molecule has 5 fully saturated rings. The van der Waals surface area contributed by atoms with E-state index in [9.17, 15) is 14.4 Å². The second kappa shape index (κ2) is 6.23. The van der Waals surface area contributed by atoms with Gasteiger partial charge < -0.3 is 18.9 Å². The number of hydrogen-bond donors (Lipinski definition) is 0. The van der Waals surface area contributed by atoms with Crippen molar-refractivity contribution in [2.24, 2.45) is 22.7 Å². The molecule has 7 heteroatoms. The van der Waals surface area contributed by atoms with Crippen molar-refractivity contribution in [2.45, 2.75) is 89.5 Å². The Labute approximate surface area is 193 Å². The van der Waals surface area contributed by atoms with Gasteiger partial charge in [-0.15, -0.1) is 0 Å². The maximum atomic E-state index is 13.7. The number of epoxide rings is 1. The van der Waals surface area contributed by atoms with E-state index in [1.807, 2.05) is 19.9 Å². The van der Waals surface area contributed by atoms with Crippen LogP contribution in [0.15, 0.2) is 23.8 Å². The highest BCUT2D eigenvalue weighted by Gasteiger charge is 2.84. The number of Topliss-reactive ketones (excluding diaryl/α,β-unsaturated/α-hetero) is 1. The van der Waals surface area contributed by atoms with Crippen molar-refractivity contribution in [3.8, 4) is 0 Å². The zero-order chi connectivity index (χ0) is 23.6. The molecular weight excluding hydrogens is 424 g/mol. The van der Waals surface area contributed by atoms with Crippen LogP contribution in [0.4, 0.5) is 0 Å². The van der Waals surface area contributed by atoms with Gasteiger partial charge in [0.25, 0.3) is 0 Å². The molecule has 4 aliphatic carbocycles. The van der Waals surface area contributed by atoms with Crippen molar-refractivity contribution in [2.75, 3.05) is 6.61 Å². The van der Waals surface area contributed by atoms with Crippen molar-refractivity contribution in [3.05, 3.63) is 23.8 Å². The lowest BCUT2D eigenvalue weighted by atomic mass is 9.46. The summed E-state index contributed by atoms with van der Waals surface area (Å²) in [6.07, 6.45) is 8.21. The third-order valence-electron chi connectivity index (χ3n) is 9.75. The highest BCUT2D eigenvalue weighted by atomic mass is 16.8. The van der Waals surface area contributed by atoms with Crippen molar-refractivity contribution < 1.29 is 33.3 Å². The molecule has 8 atom stereocenters. The number of esters is 1. The van der Waals surface area contributed by atoms with Crippen LogP contribution >= 0.6 is 0 Å². The zero-order valence-corrected chi connectivity index (χ0v) is 19.9. The lowest BCUT2D eigenvalue weighted by Gasteiger charge is -2.56. The Morgan fingerprint density at radius 1 is 1.12 bits per heavy atom. The van der Waals surface area contributed by atoms with Crippen LogP contribution in [0.1, 0.15) is 60.3 Å². The van der Waals surface area contributed by atoms with Gasteiger partial charge in [0, 0.05) is 17.8 Å². The summed E-state index contributed by atoms with van der Waals surface area (Å²) >= 11 is 0. The molecule has 6 aliphatic rings. The SMILES string of the molecule is CC(=O)OCC(=O)[C@@]12OC(C)(C)O[C@@H]1C[C@H]1[C@@H]3CCC4=CC(=O)C=C[C@]4(C)[C@@]34O[C@H]4C[C@@]12C. The van der Waals surface area contributed by atoms with Gasteiger partial charge in [0.1, 0.15) is 5.60 Å². The lowest BCUT2D eigenvalue weighted by molar-refractivity contribution is -0.212. The first-order chi connectivity index (χ1) is 15.4. The van der Waals surface area contributed by atoms with Crippen molar-refractivity contribution in [3.63, 3.8) is 0 Å². The first-order valence-electron chi connectivity index (χ1n) is 12.1. The third-order valence-corrected chi connectivity index (χ3v) is 9.75. The Balaban J connectivity index is 1.42. The highest BCUT2D eigenvalue weighted by Crippen LogP contribution is 2.77. The van der Waals surface area contributed by atoms with E-state index in [4.69, 9.17) is 18.9 Å². The maximum absolute atomic E-state index is 13.7. The second-order valence-corrected chi connectivity index (χ2v) is 11.7. The van der Waals surface area contributed by atoms with Crippen LogP contribution in [-0.2, 0) is 33.3 Å². The van der Waals surface area contributed by atoms with E-state index in [1.54, 1.807) is 12.2 Å². The van der Waals surface area contributed by atoms with Gasteiger partial charge in [-0.3, -0.25) is 14.4 Å². The molecule has 7 nitrogen and oxygen atoms in total. The average Bonchev–Trinajstić information content (AvgIpc) is 3.30. The molecule has 178 valence electrons. The predicted octanol–water partition coefficient (Wildman–Crippen LogP) is 3.06. The van der Waals surface area contributed by atoms with Gasteiger partial charge in [-0.05, 0) is 70.4 Å². The number of allylic oxidation sites excluding steroid dienone is 2. The number of ether oxygens (including phenoxy) is 4. The Morgan fingerprint density at radius 3 is 2.61 bits per heavy atom. The highest BCUT2D eigenvalue weighted by molar-refractivity contribution is 6.01. The van der Waals surface area contributed by atoms with Gasteiger partial charge in [0.2, 0.25) is 5.78 Å². The van der Waals surface area contributed by atoms with E-state index in [2.05, 4.69) is 13.8 Å². The molecule has 0 amide bonds. The number of fused-ring (bicyclic) bond motifs is 5. The largest absolute Gasteiger partial charge is 0.458 e. The van der Waals surface area contributed by atoms with E-state index in [-0.39, 0.29) is 47.1 Å². The molecule has 0 unspecified atom stereocenters. The Bertz CT molecular complexity index is 1040. The first kappa shape index (κ1) is 21.7. The summed E-state index contributed by atoms with van der Waals surface area (Å²) in [7, 11) is 0. The quantitative estimate of drug-likeness (QED) is 0.476. The summed E-state index contributed by atoms with van der Waals surface area (Å²) in [6, 6.07) is 0. The van der Waals surface area contributed by atoms with Crippen LogP contribution in [0.25, 0.3) is 0 Å². The summed E-state index contributed by atoms with van der Waals surface area (Å²) < 4.78 is 24.6. The summed E-state index contributed by atoms with van der Waals surface area (Å²) in [5.74, 6) is -1.18. The summed E-state index contributed by atoms with van der Waals surface area (Å²) in [6.45, 7) is 9.02. The molecule has 6 rings (SSSR count). The van der Waals surface area contributed by atoms with Crippen LogP contribution in [0.5, 0.6) is 0 Å². The third kappa shape index (κ3) is 2.43. The molecule has 0 aromatic rings. The predicted molar refractivity (Wildman–Crippen MR) is 116 cm³/mol. The molecule has 33 heavy (non-hydrogen) atoms. The van der Waals surface area contributed by atoms with E-state index < -0.39 is 28.9 Å². The summed E-state index contributed by atoms with van der Waals surface area (Å²) in [5.41, 5.74) is -1.20. The molecule has 0 radical (unpaired) electrons. The normalized spacial score (nSPS) is 50.3. The standard InChI is InChI=1S/C26H32O7/c1-14(27)30-13-19(29)26-20(31-22(2,3)33-26)11-18-17-7-6-15-10-16(28)8-9-23(15,4)25(17)21(32-25)12-24(18,26)5/h8-10,17-18,20-21H,6-7,11-13H2,1-5H3/t17-,18-,20+,21-,23-,24-,25+,26+/m0/s1. The van der Waals surface area contributed by atoms with Gasteiger partial charge >= 0.3 is 5.97 Å². The van der Waals surface area contributed by atoms with E-state index in [1.165, 1.54) is 6.92 Å². The first-order valence-corrected chi connectivity index (χ1v) is 12.1. The Morgan fingerprint density at radius 2 is 1.88 bits per heavy atom. The van der Waals surface area contributed by atoms with Crippen LogP contribution in [-0.4, -0.2) is 53.3 Å². The smallest absolute Gasteiger partial charge is 0.303 e. The minimum atomic E-state index is -1.18. The fourth-order valence-electron chi connectivity index (χ4n) is 8.52. The fraction of sp³-hybridized carbons (Fsp3) is 0.731. The molecule has 0 aromatic carbocycles. The number of carbonyl (C=O) groups is 3. The monoisotopic (exact) mass is 456 g/mol. The topological polar surface area (TPSA) is 91.4 Å². The molecule has 2 aliphatic heterocycles. The van der Waals surface area contributed by atoms with Crippen LogP contribution < -0.4 is 0 Å². The molecule has 0 N–H and O–H groups in total. The van der Waals surface area contributed by atoms with Crippen molar-refractivity contribution in [1.82, 2.24) is 0 Å². The lowest BCUT2D eigenvalue weighted by Crippen LogP contribution is -2.63. The average molecular weight is 457 g/mol. The Kier molecular flexibility index (Phi) is 4.10. The molecule has 0 aromatic heterocycles. The molecule has 1 spiro atoms. The molecule has 0 bridgehead atoms. The van der Waals surface area contributed by atoms with Gasteiger partial charge in [0.05, 0.1) is 12.2 Å². The molecule has 2 saturated heterocycles. The molecular formula is C26H32O7. The minimum absolute atomic E-state index is 0.0280. The van der Waals surface area contributed by atoms with Crippen LogP contribution in [0.3, 0.4) is 0 Å². The van der Waals surface area contributed by atoms with Gasteiger partial charge in [-0.2, -0.15) is 0 Å². The molecule has 3 saturated carbocycles. The van der Waals surface area contributed by atoms with Crippen molar-refractivity contribution >= 4 is 17.5 Å². The fourth-order valence-corrected chi connectivity index (χ4v) is 8.52. The van der Waals surface area contributed by atoms with E-state index in [0.717, 1.165) is 18.4 Å². The second-order valence-electron chi connectivity index (χ2n) is 11.7. The minimum Gasteiger partial charge on any atom is -0.458 e. The van der Waals surface area contributed by atoms with Gasteiger partial charge in [0.15, 0.2) is 23.8 Å². The van der Waals surface area contributed by atoms with Crippen molar-refractivity contribution in [1.29, 1.82) is 0 Å². The van der Waals surface area contributed by atoms with Crippen LogP contribution in [0, 0.1) is 22.7 Å². The summed E-state index contributed by atoms with van der Waals surface area (Å²) in [5, 5.41) is 0. The summed E-state index contributed by atoms with van der Waals surface area (Å²) in [4.78, 5) is 37.3. The van der Waals surface area contributed by atoms with E-state index in [0.29, 0.717) is 12.8 Å². The van der Waals surface area contributed by atoms with Gasteiger partial charge in [-0.1, -0.05) is 18.6 Å². The maximum Gasteiger partial charge on any atom is 0.303 e. The number of rotatable bonds is 3. The van der Waals surface area contributed by atoms with Crippen LogP contribution in [0.2, 0.25) is 0 Å².